The van der Waals surface area contributed by atoms with Crippen LogP contribution in [0.3, 0.4) is 0 Å². The van der Waals surface area contributed by atoms with Gasteiger partial charge in [-0.15, -0.1) is 0 Å². The Morgan fingerprint density at radius 3 is 2.61 bits per heavy atom. The SMILES string of the molecule is CCOc1cccc(OCCCCNCCN)c1. The summed E-state index contributed by atoms with van der Waals surface area (Å²) in [7, 11) is 0. The highest BCUT2D eigenvalue weighted by Crippen LogP contribution is 2.19. The van der Waals surface area contributed by atoms with E-state index >= 15 is 0 Å². The molecule has 0 radical (unpaired) electrons. The summed E-state index contributed by atoms with van der Waals surface area (Å²) in [6.45, 7) is 5.97. The van der Waals surface area contributed by atoms with Gasteiger partial charge in [0.05, 0.1) is 13.2 Å². The quantitative estimate of drug-likeness (QED) is 0.623. The van der Waals surface area contributed by atoms with Gasteiger partial charge in [-0.3, -0.25) is 0 Å². The molecule has 0 aliphatic heterocycles. The van der Waals surface area contributed by atoms with E-state index in [-0.39, 0.29) is 0 Å². The normalized spacial score (nSPS) is 10.3. The van der Waals surface area contributed by atoms with Gasteiger partial charge in [-0.1, -0.05) is 6.07 Å². The Bertz CT molecular complexity index is 318. The molecule has 18 heavy (non-hydrogen) atoms. The molecule has 0 amide bonds. The van der Waals surface area contributed by atoms with Gasteiger partial charge in [0.15, 0.2) is 0 Å². The minimum atomic E-state index is 0.677. The van der Waals surface area contributed by atoms with Gasteiger partial charge in [0, 0.05) is 19.2 Å². The van der Waals surface area contributed by atoms with Crippen molar-refractivity contribution in [3.05, 3.63) is 24.3 Å². The first-order valence-corrected chi connectivity index (χ1v) is 6.63. The maximum atomic E-state index is 5.67. The van der Waals surface area contributed by atoms with Gasteiger partial charge in [0.25, 0.3) is 0 Å². The van der Waals surface area contributed by atoms with Gasteiger partial charge in [-0.05, 0) is 38.4 Å². The third kappa shape index (κ3) is 6.47. The van der Waals surface area contributed by atoms with Gasteiger partial charge in [0.2, 0.25) is 0 Å². The van der Waals surface area contributed by atoms with E-state index in [9.17, 15) is 0 Å². The number of nitrogens with two attached hydrogens (primary N) is 1. The minimum absolute atomic E-state index is 0.677. The first-order chi connectivity index (χ1) is 8.86. The molecule has 0 spiro atoms. The number of ether oxygens (including phenoxy) is 2. The smallest absolute Gasteiger partial charge is 0.122 e. The molecule has 1 aromatic carbocycles. The Hall–Kier alpha value is -1.26. The molecule has 0 unspecified atom stereocenters. The molecule has 102 valence electrons. The molecule has 0 aliphatic rings. The summed E-state index contributed by atoms with van der Waals surface area (Å²) in [4.78, 5) is 0. The van der Waals surface area contributed by atoms with Crippen LogP contribution in [0.25, 0.3) is 0 Å². The maximum absolute atomic E-state index is 5.67. The lowest BCUT2D eigenvalue weighted by atomic mass is 10.3. The van der Waals surface area contributed by atoms with Crippen LogP contribution in [0.5, 0.6) is 11.5 Å². The van der Waals surface area contributed by atoms with Gasteiger partial charge in [-0.2, -0.15) is 0 Å². The fraction of sp³-hybridized carbons (Fsp3) is 0.571. The van der Waals surface area contributed by atoms with Crippen LogP contribution in [0.1, 0.15) is 19.8 Å². The van der Waals surface area contributed by atoms with Crippen molar-refractivity contribution in [1.82, 2.24) is 5.32 Å². The van der Waals surface area contributed by atoms with Crippen LogP contribution >= 0.6 is 0 Å². The molecule has 0 heterocycles. The lowest BCUT2D eigenvalue weighted by Gasteiger charge is -2.08. The summed E-state index contributed by atoms with van der Waals surface area (Å²) < 4.78 is 11.1. The molecule has 0 atom stereocenters. The Labute approximate surface area is 109 Å². The number of unbranched alkanes of at least 4 members (excludes halogenated alkanes) is 1. The van der Waals surface area contributed by atoms with E-state index in [1.807, 2.05) is 31.2 Å². The van der Waals surface area contributed by atoms with Crippen LogP contribution in [0.2, 0.25) is 0 Å². The zero-order valence-corrected chi connectivity index (χ0v) is 11.2. The summed E-state index contributed by atoms with van der Waals surface area (Å²) in [6, 6.07) is 7.77. The van der Waals surface area contributed by atoms with Crippen molar-refractivity contribution >= 4 is 0 Å². The van der Waals surface area contributed by atoms with E-state index in [1.165, 1.54) is 0 Å². The number of nitrogens with one attached hydrogen (secondary N) is 1. The maximum Gasteiger partial charge on any atom is 0.122 e. The standard InChI is InChI=1S/C14H24N2O2/c1-2-17-13-6-5-7-14(12-13)18-11-4-3-9-16-10-8-15/h5-7,12,16H,2-4,8-11,15H2,1H3. The Balaban J connectivity index is 2.13. The van der Waals surface area contributed by atoms with Crippen LogP contribution in [0.15, 0.2) is 24.3 Å². The van der Waals surface area contributed by atoms with Crippen LogP contribution in [0.4, 0.5) is 0 Å². The van der Waals surface area contributed by atoms with Gasteiger partial charge in [0.1, 0.15) is 11.5 Å². The second-order valence-corrected chi connectivity index (χ2v) is 4.00. The van der Waals surface area contributed by atoms with Gasteiger partial charge < -0.3 is 20.5 Å². The molecule has 0 bridgehead atoms. The topological polar surface area (TPSA) is 56.5 Å². The summed E-state index contributed by atoms with van der Waals surface area (Å²) in [5, 5.41) is 3.26. The lowest BCUT2D eigenvalue weighted by Crippen LogP contribution is -2.23. The number of hydrogen-bond acceptors (Lipinski definition) is 4. The molecular weight excluding hydrogens is 228 g/mol. The van der Waals surface area contributed by atoms with Crippen LogP contribution in [0, 0.1) is 0 Å². The first kappa shape index (κ1) is 14.8. The molecular formula is C14H24N2O2. The second kappa shape index (κ2) is 9.74. The lowest BCUT2D eigenvalue weighted by molar-refractivity contribution is 0.300. The monoisotopic (exact) mass is 252 g/mol. The molecule has 4 nitrogen and oxygen atoms in total. The Morgan fingerprint density at radius 1 is 1.11 bits per heavy atom. The molecule has 1 aromatic rings. The molecule has 0 aliphatic carbocycles. The average molecular weight is 252 g/mol. The van der Waals surface area contributed by atoms with Crippen molar-refractivity contribution in [3.63, 3.8) is 0 Å². The van der Waals surface area contributed by atoms with Crippen LogP contribution < -0.4 is 20.5 Å². The summed E-state index contributed by atoms with van der Waals surface area (Å²) in [5.41, 5.74) is 5.39. The van der Waals surface area contributed by atoms with E-state index in [0.29, 0.717) is 13.2 Å². The highest BCUT2D eigenvalue weighted by atomic mass is 16.5. The van der Waals surface area contributed by atoms with E-state index in [4.69, 9.17) is 15.2 Å². The molecule has 0 aromatic heterocycles. The molecule has 0 saturated carbocycles. The third-order valence-electron chi connectivity index (χ3n) is 2.45. The van der Waals surface area contributed by atoms with E-state index in [2.05, 4.69) is 5.32 Å². The second-order valence-electron chi connectivity index (χ2n) is 4.00. The summed E-state index contributed by atoms with van der Waals surface area (Å²) in [5.74, 6) is 1.73. The highest BCUT2D eigenvalue weighted by molar-refractivity contribution is 5.32. The van der Waals surface area contributed by atoms with Crippen molar-refractivity contribution in [2.75, 3.05) is 32.8 Å². The average Bonchev–Trinajstić information content (AvgIpc) is 2.39. The zero-order chi connectivity index (χ0) is 13.1. The number of benzene rings is 1. The summed E-state index contributed by atoms with van der Waals surface area (Å²) in [6.07, 6.45) is 2.14. The largest absolute Gasteiger partial charge is 0.494 e. The minimum Gasteiger partial charge on any atom is -0.494 e. The van der Waals surface area contributed by atoms with E-state index < -0.39 is 0 Å². The Morgan fingerprint density at radius 2 is 1.89 bits per heavy atom. The van der Waals surface area contributed by atoms with Crippen molar-refractivity contribution in [1.29, 1.82) is 0 Å². The van der Waals surface area contributed by atoms with Crippen molar-refractivity contribution in [2.45, 2.75) is 19.8 Å². The predicted molar refractivity (Wildman–Crippen MR) is 74.3 cm³/mol. The fourth-order valence-corrected chi connectivity index (χ4v) is 1.59. The molecule has 1 rings (SSSR count). The van der Waals surface area contributed by atoms with Gasteiger partial charge >= 0.3 is 0 Å². The van der Waals surface area contributed by atoms with E-state index in [0.717, 1.165) is 44.0 Å². The van der Waals surface area contributed by atoms with Crippen LogP contribution in [-0.4, -0.2) is 32.8 Å². The first-order valence-electron chi connectivity index (χ1n) is 6.63. The van der Waals surface area contributed by atoms with E-state index in [1.54, 1.807) is 0 Å². The zero-order valence-electron chi connectivity index (χ0n) is 11.2. The fourth-order valence-electron chi connectivity index (χ4n) is 1.59. The van der Waals surface area contributed by atoms with Crippen LogP contribution in [-0.2, 0) is 0 Å². The third-order valence-corrected chi connectivity index (χ3v) is 2.45. The highest BCUT2D eigenvalue weighted by Gasteiger charge is 1.97. The van der Waals surface area contributed by atoms with Gasteiger partial charge in [-0.25, -0.2) is 0 Å². The Kier molecular flexibility index (Phi) is 8.01. The number of rotatable bonds is 10. The molecule has 4 heteroatoms. The molecule has 0 fully saturated rings. The van der Waals surface area contributed by atoms with Crippen molar-refractivity contribution in [2.24, 2.45) is 5.73 Å². The van der Waals surface area contributed by atoms with Crippen molar-refractivity contribution in [3.8, 4) is 11.5 Å². The predicted octanol–water partition coefficient (Wildman–Crippen LogP) is 1.79. The van der Waals surface area contributed by atoms with Crippen molar-refractivity contribution < 1.29 is 9.47 Å². The molecule has 0 saturated heterocycles. The number of hydrogen-bond donors (Lipinski definition) is 2. The summed E-state index contributed by atoms with van der Waals surface area (Å²) >= 11 is 0. The molecule has 3 N–H and O–H groups in total.